The number of nitrogens with one attached hydrogen (secondary N) is 1. The van der Waals surface area contributed by atoms with Gasteiger partial charge in [0.2, 0.25) is 0 Å². The highest BCUT2D eigenvalue weighted by Crippen LogP contribution is 2.26. The zero-order valence-electron chi connectivity index (χ0n) is 9.68. The Morgan fingerprint density at radius 2 is 2.29 bits per heavy atom. The molecule has 0 aliphatic carbocycles. The van der Waals surface area contributed by atoms with Crippen molar-refractivity contribution in [3.05, 3.63) is 22.8 Å². The first-order valence-corrected chi connectivity index (χ1v) is 7.19. The van der Waals surface area contributed by atoms with Crippen LogP contribution in [0.2, 0.25) is 0 Å². The Labute approximate surface area is 109 Å². The summed E-state index contributed by atoms with van der Waals surface area (Å²) in [6.45, 7) is 2.58. The molecule has 0 saturated heterocycles. The van der Waals surface area contributed by atoms with E-state index in [0.717, 1.165) is 41.7 Å². The highest BCUT2D eigenvalue weighted by molar-refractivity contribution is 7.19. The van der Waals surface area contributed by atoms with Crippen molar-refractivity contribution in [2.24, 2.45) is 0 Å². The van der Waals surface area contributed by atoms with Gasteiger partial charge in [0.05, 0.1) is 22.7 Å². The first-order chi connectivity index (χ1) is 8.40. The molecule has 0 saturated carbocycles. The van der Waals surface area contributed by atoms with Crippen LogP contribution >= 0.6 is 22.7 Å². The van der Waals surface area contributed by atoms with Gasteiger partial charge in [0.1, 0.15) is 5.01 Å². The maximum atomic E-state index is 4.97. The van der Waals surface area contributed by atoms with E-state index in [9.17, 15) is 0 Å². The molecule has 0 aliphatic rings. The molecule has 2 aromatic heterocycles. The maximum Gasteiger partial charge on any atom is 0.135 e. The van der Waals surface area contributed by atoms with E-state index in [0.29, 0.717) is 0 Å². The summed E-state index contributed by atoms with van der Waals surface area (Å²) in [4.78, 5) is 9.80. The van der Waals surface area contributed by atoms with Gasteiger partial charge in [-0.2, -0.15) is 0 Å². The number of methoxy groups -OCH3 is 1. The molecule has 0 aromatic carbocycles. The predicted octanol–water partition coefficient (Wildman–Crippen LogP) is 2.05. The quantitative estimate of drug-likeness (QED) is 0.781. The summed E-state index contributed by atoms with van der Waals surface area (Å²) in [7, 11) is 1.71. The van der Waals surface area contributed by atoms with Gasteiger partial charge in [0.15, 0.2) is 0 Å². The number of ether oxygens (including phenoxy) is 1. The van der Waals surface area contributed by atoms with E-state index in [-0.39, 0.29) is 0 Å². The fraction of sp³-hybridized carbons (Fsp3) is 0.455. The number of aromatic nitrogens is 2. The third kappa shape index (κ3) is 3.85. The van der Waals surface area contributed by atoms with Crippen LogP contribution in [0.4, 0.5) is 0 Å². The molecule has 0 spiro atoms. The van der Waals surface area contributed by atoms with Crippen molar-refractivity contribution in [1.82, 2.24) is 15.3 Å². The molecule has 0 bridgehead atoms. The number of rotatable bonds is 7. The second-order valence-corrected chi connectivity index (χ2v) is 5.25. The van der Waals surface area contributed by atoms with E-state index in [1.165, 1.54) is 0 Å². The molecule has 17 heavy (non-hydrogen) atoms. The summed E-state index contributed by atoms with van der Waals surface area (Å²) < 4.78 is 4.97. The average molecular weight is 269 g/mol. The normalized spacial score (nSPS) is 10.9. The molecule has 0 amide bonds. The van der Waals surface area contributed by atoms with E-state index < -0.39 is 0 Å². The molecular weight excluding hydrogens is 254 g/mol. The Bertz CT molecular complexity index is 428. The summed E-state index contributed by atoms with van der Waals surface area (Å²) >= 11 is 3.31. The first-order valence-electron chi connectivity index (χ1n) is 5.43. The molecule has 2 aromatic rings. The molecule has 0 unspecified atom stereocenters. The molecule has 92 valence electrons. The van der Waals surface area contributed by atoms with Crippen molar-refractivity contribution in [2.45, 2.75) is 6.42 Å². The molecule has 0 aliphatic heterocycles. The number of nitrogens with zero attached hydrogens (tertiary/aromatic N) is 2. The summed E-state index contributed by atoms with van der Waals surface area (Å²) in [6, 6.07) is 0. The van der Waals surface area contributed by atoms with Crippen LogP contribution < -0.4 is 5.32 Å². The van der Waals surface area contributed by atoms with Crippen LogP contribution in [-0.2, 0) is 11.2 Å². The topological polar surface area (TPSA) is 47.0 Å². The zero-order chi connectivity index (χ0) is 11.9. The van der Waals surface area contributed by atoms with Gasteiger partial charge in [-0.1, -0.05) is 0 Å². The standard InChI is InChI=1S/C11H15N3OS2/c1-15-5-4-12-3-2-9-7-16-11(14-9)10-6-13-8-17-10/h6-8,12H,2-5H2,1H3. The lowest BCUT2D eigenvalue weighted by Crippen LogP contribution is -2.21. The van der Waals surface area contributed by atoms with Crippen molar-refractivity contribution in [2.75, 3.05) is 26.8 Å². The third-order valence-electron chi connectivity index (χ3n) is 2.24. The number of thiazole rings is 2. The third-order valence-corrected chi connectivity index (χ3v) is 4.07. The molecular formula is C11H15N3OS2. The van der Waals surface area contributed by atoms with Crippen LogP contribution in [0, 0.1) is 0 Å². The van der Waals surface area contributed by atoms with E-state index in [4.69, 9.17) is 4.74 Å². The van der Waals surface area contributed by atoms with Gasteiger partial charge < -0.3 is 10.1 Å². The maximum absolute atomic E-state index is 4.97. The van der Waals surface area contributed by atoms with Gasteiger partial charge in [-0.15, -0.1) is 22.7 Å². The van der Waals surface area contributed by atoms with E-state index in [2.05, 4.69) is 20.7 Å². The van der Waals surface area contributed by atoms with Crippen LogP contribution in [0.5, 0.6) is 0 Å². The lowest BCUT2D eigenvalue weighted by atomic mass is 10.3. The van der Waals surface area contributed by atoms with E-state index >= 15 is 0 Å². The van der Waals surface area contributed by atoms with Crippen molar-refractivity contribution in [1.29, 1.82) is 0 Å². The molecule has 0 fully saturated rings. The summed E-state index contributed by atoms with van der Waals surface area (Å²) in [6.07, 6.45) is 2.82. The molecule has 0 radical (unpaired) electrons. The van der Waals surface area contributed by atoms with Crippen LogP contribution in [0.3, 0.4) is 0 Å². The second kappa shape index (κ2) is 6.80. The molecule has 2 heterocycles. The fourth-order valence-electron chi connectivity index (χ4n) is 1.37. The monoisotopic (exact) mass is 269 g/mol. The largest absolute Gasteiger partial charge is 0.383 e. The van der Waals surface area contributed by atoms with Crippen molar-refractivity contribution in [3.63, 3.8) is 0 Å². The van der Waals surface area contributed by atoms with E-state index in [1.807, 2.05) is 11.7 Å². The van der Waals surface area contributed by atoms with Crippen LogP contribution in [0.1, 0.15) is 5.69 Å². The number of hydrogen-bond donors (Lipinski definition) is 1. The van der Waals surface area contributed by atoms with Gasteiger partial charge in [0, 0.05) is 38.2 Å². The van der Waals surface area contributed by atoms with Crippen molar-refractivity contribution in [3.8, 4) is 9.88 Å². The van der Waals surface area contributed by atoms with E-state index in [1.54, 1.807) is 29.8 Å². The SMILES string of the molecule is COCCNCCc1csc(-c2cncs2)n1. The van der Waals surface area contributed by atoms with Gasteiger partial charge >= 0.3 is 0 Å². The van der Waals surface area contributed by atoms with Crippen molar-refractivity contribution < 1.29 is 4.74 Å². The van der Waals surface area contributed by atoms with Crippen LogP contribution in [0.25, 0.3) is 9.88 Å². The summed E-state index contributed by atoms with van der Waals surface area (Å²) in [5.74, 6) is 0. The number of hydrogen-bond acceptors (Lipinski definition) is 6. The van der Waals surface area contributed by atoms with Crippen LogP contribution in [-0.4, -0.2) is 36.8 Å². The average Bonchev–Trinajstić information content (AvgIpc) is 2.99. The molecule has 4 nitrogen and oxygen atoms in total. The minimum atomic E-state index is 0.753. The first kappa shape index (κ1) is 12.6. The lowest BCUT2D eigenvalue weighted by Gasteiger charge is -2.01. The van der Waals surface area contributed by atoms with Crippen molar-refractivity contribution >= 4 is 22.7 Å². The highest BCUT2D eigenvalue weighted by atomic mass is 32.1. The summed E-state index contributed by atoms with van der Waals surface area (Å²) in [5.41, 5.74) is 2.98. The Morgan fingerprint density at radius 3 is 3.06 bits per heavy atom. The van der Waals surface area contributed by atoms with Gasteiger partial charge in [0.25, 0.3) is 0 Å². The fourth-order valence-corrected chi connectivity index (χ4v) is 2.92. The Kier molecular flexibility index (Phi) is 5.06. The highest BCUT2D eigenvalue weighted by Gasteiger charge is 2.05. The predicted molar refractivity (Wildman–Crippen MR) is 71.7 cm³/mol. The second-order valence-electron chi connectivity index (χ2n) is 3.50. The van der Waals surface area contributed by atoms with Gasteiger partial charge in [-0.25, -0.2) is 4.98 Å². The lowest BCUT2D eigenvalue weighted by molar-refractivity contribution is 0.199. The molecule has 6 heteroatoms. The van der Waals surface area contributed by atoms with Crippen LogP contribution in [0.15, 0.2) is 17.1 Å². The Hall–Kier alpha value is -0.820. The molecule has 0 atom stereocenters. The summed E-state index contributed by atoms with van der Waals surface area (Å²) in [5, 5.41) is 6.50. The molecule has 2 rings (SSSR count). The molecule has 1 N–H and O–H groups in total. The smallest absolute Gasteiger partial charge is 0.135 e. The zero-order valence-corrected chi connectivity index (χ0v) is 11.3. The minimum Gasteiger partial charge on any atom is -0.383 e. The Balaban J connectivity index is 1.79. The Morgan fingerprint density at radius 1 is 1.35 bits per heavy atom. The van der Waals surface area contributed by atoms with Gasteiger partial charge in [-0.05, 0) is 0 Å². The minimum absolute atomic E-state index is 0.753. The van der Waals surface area contributed by atoms with Gasteiger partial charge in [-0.3, -0.25) is 4.98 Å².